The smallest absolute Gasteiger partial charge is 0.123 e. The second-order valence-electron chi connectivity index (χ2n) is 4.25. The maximum atomic E-state index is 12.9. The van der Waals surface area contributed by atoms with Gasteiger partial charge in [0, 0.05) is 0 Å². The second kappa shape index (κ2) is 4.96. The zero-order chi connectivity index (χ0) is 12.3. The van der Waals surface area contributed by atoms with Crippen LogP contribution in [0.1, 0.15) is 25.0 Å². The van der Waals surface area contributed by atoms with Crippen molar-refractivity contribution in [1.29, 1.82) is 0 Å². The highest BCUT2D eigenvalue weighted by molar-refractivity contribution is 5.81. The lowest BCUT2D eigenvalue weighted by Crippen LogP contribution is -1.90. The molecule has 0 aliphatic carbocycles. The van der Waals surface area contributed by atoms with Gasteiger partial charge < -0.3 is 0 Å². The first-order valence-corrected chi connectivity index (χ1v) is 5.67. The van der Waals surface area contributed by atoms with Crippen LogP contribution >= 0.6 is 0 Å². The van der Waals surface area contributed by atoms with Crippen LogP contribution in [0, 0.1) is 5.82 Å². The van der Waals surface area contributed by atoms with Crippen LogP contribution in [-0.2, 0) is 0 Å². The summed E-state index contributed by atoms with van der Waals surface area (Å²) in [4.78, 5) is 0. The van der Waals surface area contributed by atoms with Gasteiger partial charge in [-0.3, -0.25) is 0 Å². The summed E-state index contributed by atoms with van der Waals surface area (Å²) < 4.78 is 12.9. The van der Waals surface area contributed by atoms with E-state index in [1.165, 1.54) is 28.8 Å². The molecule has 0 bridgehead atoms. The van der Waals surface area contributed by atoms with Crippen molar-refractivity contribution >= 4 is 5.57 Å². The Kier molecular flexibility index (Phi) is 3.38. The third kappa shape index (κ3) is 2.62. The maximum Gasteiger partial charge on any atom is 0.123 e. The van der Waals surface area contributed by atoms with Gasteiger partial charge in [0.15, 0.2) is 0 Å². The first kappa shape index (κ1) is 11.6. The molecule has 0 spiro atoms. The largest absolute Gasteiger partial charge is 0.207 e. The molecule has 86 valence electrons. The summed E-state index contributed by atoms with van der Waals surface area (Å²) in [5.74, 6) is -0.199. The molecule has 0 saturated heterocycles. The Bertz CT molecular complexity index is 517. The molecule has 0 aliphatic heterocycles. The van der Waals surface area contributed by atoms with Gasteiger partial charge in [0.2, 0.25) is 0 Å². The van der Waals surface area contributed by atoms with E-state index in [1.54, 1.807) is 0 Å². The lowest BCUT2D eigenvalue weighted by molar-refractivity contribution is 0.627. The predicted octanol–water partition coefficient (Wildman–Crippen LogP) is 4.67. The number of halogens is 1. The van der Waals surface area contributed by atoms with Crippen molar-refractivity contribution in [2.24, 2.45) is 0 Å². The molecule has 0 unspecified atom stereocenters. The second-order valence-corrected chi connectivity index (χ2v) is 4.25. The van der Waals surface area contributed by atoms with Gasteiger partial charge in [-0.15, -0.1) is 0 Å². The average Bonchev–Trinajstić information content (AvgIpc) is 2.33. The van der Waals surface area contributed by atoms with Crippen molar-refractivity contribution in [3.63, 3.8) is 0 Å². The highest BCUT2D eigenvalue weighted by Gasteiger charge is 2.06. The summed E-state index contributed by atoms with van der Waals surface area (Å²) in [7, 11) is 0. The predicted molar refractivity (Wildman–Crippen MR) is 70.2 cm³/mol. The molecule has 0 heterocycles. The Labute approximate surface area is 101 Å². The van der Waals surface area contributed by atoms with Gasteiger partial charge in [0.05, 0.1) is 0 Å². The molecule has 0 saturated carbocycles. The van der Waals surface area contributed by atoms with Gasteiger partial charge in [0.1, 0.15) is 5.82 Å². The lowest BCUT2D eigenvalue weighted by Gasteiger charge is -2.10. The van der Waals surface area contributed by atoms with Gasteiger partial charge >= 0.3 is 0 Å². The number of hydrogen-bond donors (Lipinski definition) is 0. The fourth-order valence-electron chi connectivity index (χ4n) is 1.97. The van der Waals surface area contributed by atoms with Crippen LogP contribution in [0.15, 0.2) is 60.2 Å². The van der Waals surface area contributed by atoms with Crippen LogP contribution in [-0.4, -0.2) is 0 Å². The SMILES string of the molecule is CC(C)=C(c1ccccc1)c1ccc(F)cc1. The van der Waals surface area contributed by atoms with E-state index < -0.39 is 0 Å². The highest BCUT2D eigenvalue weighted by atomic mass is 19.1. The van der Waals surface area contributed by atoms with E-state index in [2.05, 4.69) is 26.0 Å². The monoisotopic (exact) mass is 226 g/mol. The van der Waals surface area contributed by atoms with E-state index >= 15 is 0 Å². The normalized spacial score (nSPS) is 10.1. The molecule has 0 fully saturated rings. The Balaban J connectivity index is 2.52. The third-order valence-electron chi connectivity index (χ3n) is 2.70. The Morgan fingerprint density at radius 1 is 0.765 bits per heavy atom. The van der Waals surface area contributed by atoms with E-state index in [4.69, 9.17) is 0 Å². The summed E-state index contributed by atoms with van der Waals surface area (Å²) in [5, 5.41) is 0. The molecule has 2 rings (SSSR count). The van der Waals surface area contributed by atoms with Crippen molar-refractivity contribution in [3.05, 3.63) is 77.1 Å². The molecule has 2 aromatic carbocycles. The van der Waals surface area contributed by atoms with Gasteiger partial charge in [0.25, 0.3) is 0 Å². The first-order chi connectivity index (χ1) is 8.18. The van der Waals surface area contributed by atoms with Crippen LogP contribution in [0.4, 0.5) is 4.39 Å². The molecule has 2 aromatic rings. The summed E-state index contributed by atoms with van der Waals surface area (Å²) in [6.07, 6.45) is 0. The summed E-state index contributed by atoms with van der Waals surface area (Å²) in [5.41, 5.74) is 4.62. The molecule has 0 atom stereocenters. The quantitative estimate of drug-likeness (QED) is 0.698. The summed E-state index contributed by atoms with van der Waals surface area (Å²) in [6, 6.07) is 16.8. The van der Waals surface area contributed by atoms with Crippen molar-refractivity contribution < 1.29 is 4.39 Å². The van der Waals surface area contributed by atoms with Crippen LogP contribution in [0.5, 0.6) is 0 Å². The third-order valence-corrected chi connectivity index (χ3v) is 2.70. The molecule has 0 nitrogen and oxygen atoms in total. The zero-order valence-electron chi connectivity index (χ0n) is 10.1. The lowest BCUT2D eigenvalue weighted by atomic mass is 9.94. The average molecular weight is 226 g/mol. The van der Waals surface area contributed by atoms with Crippen LogP contribution in [0.2, 0.25) is 0 Å². The fourth-order valence-corrected chi connectivity index (χ4v) is 1.97. The van der Waals surface area contributed by atoms with Gasteiger partial charge in [-0.2, -0.15) is 0 Å². The van der Waals surface area contributed by atoms with Crippen molar-refractivity contribution in [3.8, 4) is 0 Å². The van der Waals surface area contributed by atoms with Crippen LogP contribution < -0.4 is 0 Å². The van der Waals surface area contributed by atoms with Crippen molar-refractivity contribution in [2.45, 2.75) is 13.8 Å². The molecule has 17 heavy (non-hydrogen) atoms. The van der Waals surface area contributed by atoms with Gasteiger partial charge in [-0.1, -0.05) is 48.0 Å². The highest BCUT2D eigenvalue weighted by Crippen LogP contribution is 2.26. The minimum atomic E-state index is -0.199. The minimum Gasteiger partial charge on any atom is -0.207 e. The molecule has 0 radical (unpaired) electrons. The first-order valence-electron chi connectivity index (χ1n) is 5.67. The van der Waals surface area contributed by atoms with E-state index in [1.807, 2.05) is 30.3 Å². The Morgan fingerprint density at radius 3 is 1.82 bits per heavy atom. The van der Waals surface area contributed by atoms with Gasteiger partial charge in [-0.25, -0.2) is 4.39 Å². The molecule has 0 aromatic heterocycles. The molecular formula is C16H15F. The summed E-state index contributed by atoms with van der Waals surface area (Å²) >= 11 is 0. The number of rotatable bonds is 2. The van der Waals surface area contributed by atoms with E-state index in [9.17, 15) is 4.39 Å². The number of allylic oxidation sites excluding steroid dienone is 1. The number of hydrogen-bond acceptors (Lipinski definition) is 0. The molecule has 1 heteroatoms. The summed E-state index contributed by atoms with van der Waals surface area (Å²) in [6.45, 7) is 4.15. The Morgan fingerprint density at radius 2 is 1.29 bits per heavy atom. The van der Waals surface area contributed by atoms with Crippen LogP contribution in [0.3, 0.4) is 0 Å². The van der Waals surface area contributed by atoms with E-state index in [0.717, 1.165) is 5.56 Å². The number of benzene rings is 2. The van der Waals surface area contributed by atoms with E-state index in [0.29, 0.717) is 0 Å². The minimum absolute atomic E-state index is 0.199. The fraction of sp³-hybridized carbons (Fsp3) is 0.125. The molecule has 0 N–H and O–H groups in total. The molecule has 0 amide bonds. The van der Waals surface area contributed by atoms with E-state index in [-0.39, 0.29) is 5.82 Å². The van der Waals surface area contributed by atoms with Gasteiger partial charge in [-0.05, 0) is 42.7 Å². The molecular weight excluding hydrogens is 211 g/mol. The standard InChI is InChI=1S/C16H15F/c1-12(2)16(13-6-4-3-5-7-13)14-8-10-15(17)11-9-14/h3-11H,1-2H3. The van der Waals surface area contributed by atoms with Crippen LogP contribution in [0.25, 0.3) is 5.57 Å². The molecule has 0 aliphatic rings. The van der Waals surface area contributed by atoms with Crippen molar-refractivity contribution in [2.75, 3.05) is 0 Å². The Hall–Kier alpha value is -1.89. The zero-order valence-corrected chi connectivity index (χ0v) is 10.1. The topological polar surface area (TPSA) is 0 Å². The maximum absolute atomic E-state index is 12.9. The van der Waals surface area contributed by atoms with Crippen molar-refractivity contribution in [1.82, 2.24) is 0 Å².